The summed E-state index contributed by atoms with van der Waals surface area (Å²) < 4.78 is 5.93. The number of aliphatic hydroxyl groups is 1. The predicted octanol–water partition coefficient (Wildman–Crippen LogP) is 4.37. The molecule has 1 rings (SSSR count). The van der Waals surface area contributed by atoms with Gasteiger partial charge in [0.05, 0.1) is 19.3 Å². The van der Waals surface area contributed by atoms with E-state index in [1.54, 1.807) is 0 Å². The molecule has 3 heteroatoms. The third kappa shape index (κ3) is 8.29. The fourth-order valence-corrected chi connectivity index (χ4v) is 2.86. The third-order valence-electron chi connectivity index (χ3n) is 4.35. The van der Waals surface area contributed by atoms with Crippen molar-refractivity contribution >= 4 is 6.29 Å². The molecule has 0 aliphatic carbocycles. The summed E-state index contributed by atoms with van der Waals surface area (Å²) in [6.45, 7) is 6.99. The van der Waals surface area contributed by atoms with Crippen LogP contribution in [0.2, 0.25) is 0 Å². The van der Waals surface area contributed by atoms with Gasteiger partial charge in [-0.15, -0.1) is 0 Å². The van der Waals surface area contributed by atoms with Gasteiger partial charge < -0.3 is 14.6 Å². The van der Waals surface area contributed by atoms with E-state index in [-0.39, 0.29) is 18.6 Å². The maximum atomic E-state index is 11.3. The number of aliphatic hydroxyl groups excluding tert-OH is 1. The highest BCUT2D eigenvalue weighted by Gasteiger charge is 2.25. The maximum Gasteiger partial charge on any atom is 0.125 e. The number of hydrogen-bond acceptors (Lipinski definition) is 3. The lowest BCUT2D eigenvalue weighted by Crippen LogP contribution is -2.29. The van der Waals surface area contributed by atoms with E-state index < -0.39 is 0 Å². The maximum absolute atomic E-state index is 11.3. The Morgan fingerprint density at radius 3 is 2.65 bits per heavy atom. The summed E-state index contributed by atoms with van der Waals surface area (Å²) in [5.41, 5.74) is 3.86. The van der Waals surface area contributed by atoms with Crippen molar-refractivity contribution in [3.63, 3.8) is 0 Å². The molecule has 2 atom stereocenters. The molecule has 0 aromatic heterocycles. The zero-order valence-corrected chi connectivity index (χ0v) is 14.9. The van der Waals surface area contributed by atoms with Crippen molar-refractivity contribution in [3.8, 4) is 0 Å². The first-order valence-corrected chi connectivity index (χ1v) is 8.71. The highest BCUT2D eigenvalue weighted by Crippen LogP contribution is 2.26. The molecule has 0 unspecified atom stereocenters. The summed E-state index contributed by atoms with van der Waals surface area (Å²) in [5, 5.41) is 8.84. The number of hydrogen-bond donors (Lipinski definition) is 1. The molecule has 0 aromatic carbocycles. The van der Waals surface area contributed by atoms with E-state index >= 15 is 0 Å². The Labute approximate surface area is 141 Å². The monoisotopic (exact) mass is 320 g/mol. The van der Waals surface area contributed by atoms with Crippen LogP contribution in [0.5, 0.6) is 0 Å². The first-order valence-electron chi connectivity index (χ1n) is 8.71. The molecule has 1 heterocycles. The average Bonchev–Trinajstić information content (AvgIpc) is 2.52. The second-order valence-electron chi connectivity index (χ2n) is 6.68. The molecule has 0 bridgehead atoms. The van der Waals surface area contributed by atoms with Gasteiger partial charge >= 0.3 is 0 Å². The lowest BCUT2D eigenvalue weighted by atomic mass is 9.91. The van der Waals surface area contributed by atoms with E-state index in [0.717, 1.165) is 44.8 Å². The minimum Gasteiger partial charge on any atom is -0.392 e. The molecule has 0 aromatic rings. The molecular weight excluding hydrogens is 288 g/mol. The Morgan fingerprint density at radius 1 is 1.30 bits per heavy atom. The summed E-state index contributed by atoms with van der Waals surface area (Å²) in [7, 11) is 0. The van der Waals surface area contributed by atoms with Gasteiger partial charge in [-0.1, -0.05) is 29.4 Å². The van der Waals surface area contributed by atoms with E-state index in [0.29, 0.717) is 6.61 Å². The van der Waals surface area contributed by atoms with Crippen LogP contribution in [-0.4, -0.2) is 30.7 Å². The van der Waals surface area contributed by atoms with Gasteiger partial charge in [-0.3, -0.25) is 0 Å². The topological polar surface area (TPSA) is 46.5 Å². The Kier molecular flexibility index (Phi) is 9.81. The van der Waals surface area contributed by atoms with Crippen LogP contribution in [0.1, 0.15) is 59.3 Å². The molecule has 0 saturated carbocycles. The fourth-order valence-electron chi connectivity index (χ4n) is 2.86. The highest BCUT2D eigenvalue weighted by atomic mass is 16.5. The van der Waals surface area contributed by atoms with Crippen LogP contribution in [0.25, 0.3) is 0 Å². The van der Waals surface area contributed by atoms with E-state index in [4.69, 9.17) is 9.84 Å². The highest BCUT2D eigenvalue weighted by molar-refractivity contribution is 5.54. The van der Waals surface area contributed by atoms with Gasteiger partial charge in [0.25, 0.3) is 0 Å². The molecule has 1 N–H and O–H groups in total. The molecule has 23 heavy (non-hydrogen) atoms. The van der Waals surface area contributed by atoms with Crippen molar-refractivity contribution < 1.29 is 14.6 Å². The molecule has 0 amide bonds. The molecule has 130 valence electrons. The van der Waals surface area contributed by atoms with Gasteiger partial charge in [0.1, 0.15) is 6.29 Å². The van der Waals surface area contributed by atoms with Crippen molar-refractivity contribution in [1.29, 1.82) is 0 Å². The van der Waals surface area contributed by atoms with Crippen molar-refractivity contribution in [2.75, 3.05) is 13.2 Å². The number of ether oxygens (including phenoxy) is 1. The molecule has 0 spiro atoms. The van der Waals surface area contributed by atoms with Crippen molar-refractivity contribution in [2.45, 2.75) is 65.4 Å². The lowest BCUT2D eigenvalue weighted by Gasteiger charge is -2.28. The number of carbonyl (C=O) groups is 1. The predicted molar refractivity (Wildman–Crippen MR) is 95.4 cm³/mol. The lowest BCUT2D eigenvalue weighted by molar-refractivity contribution is -0.117. The Morgan fingerprint density at radius 2 is 2.09 bits per heavy atom. The fraction of sp³-hybridized carbons (Fsp3) is 0.650. The first-order chi connectivity index (χ1) is 11.1. The summed E-state index contributed by atoms with van der Waals surface area (Å²) in [6, 6.07) is 0. The van der Waals surface area contributed by atoms with Crippen molar-refractivity contribution in [3.05, 3.63) is 34.9 Å². The van der Waals surface area contributed by atoms with E-state index in [2.05, 4.69) is 26.0 Å². The minimum atomic E-state index is 0.0156. The summed E-state index contributed by atoms with van der Waals surface area (Å²) in [4.78, 5) is 11.3. The van der Waals surface area contributed by atoms with Crippen LogP contribution in [0, 0.1) is 5.92 Å². The van der Waals surface area contributed by atoms with Gasteiger partial charge in [0, 0.05) is 5.92 Å². The molecule has 1 aliphatic heterocycles. The largest absolute Gasteiger partial charge is 0.392 e. The van der Waals surface area contributed by atoms with Crippen molar-refractivity contribution in [1.82, 2.24) is 0 Å². The second-order valence-corrected chi connectivity index (χ2v) is 6.68. The van der Waals surface area contributed by atoms with E-state index in [9.17, 15) is 4.79 Å². The Hall–Kier alpha value is -1.19. The molecular formula is C20H32O3. The van der Waals surface area contributed by atoms with Crippen LogP contribution >= 0.6 is 0 Å². The minimum absolute atomic E-state index is 0.0156. The zero-order valence-electron chi connectivity index (χ0n) is 14.9. The van der Waals surface area contributed by atoms with Crippen LogP contribution < -0.4 is 0 Å². The van der Waals surface area contributed by atoms with Gasteiger partial charge in [-0.05, 0) is 64.9 Å². The average molecular weight is 320 g/mol. The Bertz CT molecular complexity index is 432. The molecule has 1 aliphatic rings. The van der Waals surface area contributed by atoms with E-state index in [1.165, 1.54) is 16.7 Å². The zero-order chi connectivity index (χ0) is 17.1. The van der Waals surface area contributed by atoms with Crippen molar-refractivity contribution in [2.24, 2.45) is 5.92 Å². The normalized spacial score (nSPS) is 22.0. The first kappa shape index (κ1) is 19.9. The smallest absolute Gasteiger partial charge is 0.125 e. The summed E-state index contributed by atoms with van der Waals surface area (Å²) >= 11 is 0. The van der Waals surface area contributed by atoms with Crippen LogP contribution in [-0.2, 0) is 9.53 Å². The van der Waals surface area contributed by atoms with Crippen LogP contribution in [0.3, 0.4) is 0 Å². The van der Waals surface area contributed by atoms with E-state index in [1.807, 2.05) is 13.0 Å². The van der Waals surface area contributed by atoms with Gasteiger partial charge in [-0.2, -0.15) is 0 Å². The van der Waals surface area contributed by atoms with Crippen LogP contribution in [0.15, 0.2) is 34.9 Å². The van der Waals surface area contributed by atoms with Crippen LogP contribution in [0.4, 0.5) is 0 Å². The van der Waals surface area contributed by atoms with Gasteiger partial charge in [0.2, 0.25) is 0 Å². The molecule has 3 nitrogen and oxygen atoms in total. The molecule has 1 fully saturated rings. The molecule has 0 radical (unpaired) electrons. The number of aldehydes is 1. The second kappa shape index (κ2) is 11.4. The Balaban J connectivity index is 2.36. The quantitative estimate of drug-likeness (QED) is 0.507. The number of rotatable bonds is 9. The number of carbonyl (C=O) groups excluding carboxylic acids is 1. The SMILES string of the molecule is CC(C)=CCC[C@H](C=O)[C@H]1CC/C(=C/CC/C(C)=C/CO)CO1. The molecule has 1 saturated heterocycles. The standard InChI is InChI=1S/C20H32O3/c1-16(2)6-4-9-19(14-22)20-11-10-18(15-23-20)8-5-7-17(3)12-13-21/h6,8,12,14,19-21H,4-5,7,9-11,13,15H2,1-3H3/b17-12+,18-8-/t19-,20-/m1/s1. The third-order valence-corrected chi connectivity index (χ3v) is 4.35. The van der Waals surface area contributed by atoms with Gasteiger partial charge in [-0.25, -0.2) is 0 Å². The summed E-state index contributed by atoms with van der Waals surface area (Å²) in [6.07, 6.45) is 13.2. The number of allylic oxidation sites excluding steroid dienone is 4. The summed E-state index contributed by atoms with van der Waals surface area (Å²) in [5.74, 6) is 0.0156. The van der Waals surface area contributed by atoms with Gasteiger partial charge in [0.15, 0.2) is 0 Å².